The molecule has 0 saturated carbocycles. The van der Waals surface area contributed by atoms with Gasteiger partial charge < -0.3 is 9.47 Å². The second-order valence-corrected chi connectivity index (χ2v) is 5.61. The van der Waals surface area contributed by atoms with Crippen LogP contribution in [0.2, 0.25) is 0 Å². The first-order valence-corrected chi connectivity index (χ1v) is 7.03. The zero-order valence-corrected chi connectivity index (χ0v) is 12.6. The van der Waals surface area contributed by atoms with Crippen LogP contribution in [0.25, 0.3) is 0 Å². The van der Waals surface area contributed by atoms with Crippen LogP contribution in [0.3, 0.4) is 0 Å². The van der Waals surface area contributed by atoms with Crippen molar-refractivity contribution in [3.8, 4) is 5.75 Å². The van der Waals surface area contributed by atoms with Crippen LogP contribution in [0.5, 0.6) is 5.75 Å². The molecule has 4 heteroatoms. The smallest absolute Gasteiger partial charge is 0.308 e. The second-order valence-electron chi connectivity index (χ2n) is 5.61. The van der Waals surface area contributed by atoms with E-state index in [1.165, 1.54) is 0 Å². The van der Waals surface area contributed by atoms with Crippen molar-refractivity contribution in [1.29, 1.82) is 0 Å². The van der Waals surface area contributed by atoms with Gasteiger partial charge >= 0.3 is 5.97 Å². The van der Waals surface area contributed by atoms with Gasteiger partial charge in [0.1, 0.15) is 18.5 Å². The Morgan fingerprint density at radius 3 is 2.76 bits per heavy atom. The van der Waals surface area contributed by atoms with E-state index in [0.29, 0.717) is 12.0 Å². The van der Waals surface area contributed by atoms with Gasteiger partial charge in [-0.1, -0.05) is 20.4 Å². The van der Waals surface area contributed by atoms with Gasteiger partial charge in [0.2, 0.25) is 0 Å². The van der Waals surface area contributed by atoms with Crippen LogP contribution < -0.4 is 4.74 Å². The molecule has 112 valence electrons. The fourth-order valence-electron chi connectivity index (χ4n) is 2.12. The second kappa shape index (κ2) is 6.12. The molecule has 1 heterocycles. The number of carbonyl (C=O) groups is 2. The summed E-state index contributed by atoms with van der Waals surface area (Å²) in [4.78, 5) is 22.8. The molecule has 0 spiro atoms. The van der Waals surface area contributed by atoms with Crippen LogP contribution in [0.15, 0.2) is 30.4 Å². The number of Topliss-reactive ketones (excluding diaryl/α,β-unsaturated/α-hetero) is 1. The van der Waals surface area contributed by atoms with Gasteiger partial charge in [-0.05, 0) is 30.7 Å². The van der Waals surface area contributed by atoms with Crippen molar-refractivity contribution in [1.82, 2.24) is 0 Å². The Balaban J connectivity index is 1.97. The van der Waals surface area contributed by atoms with Crippen molar-refractivity contribution in [2.75, 3.05) is 6.61 Å². The fourth-order valence-corrected chi connectivity index (χ4v) is 2.12. The van der Waals surface area contributed by atoms with Crippen LogP contribution in [0, 0.1) is 5.92 Å². The predicted molar refractivity (Wildman–Crippen MR) is 79.5 cm³/mol. The molecular weight excluding hydrogens is 268 g/mol. The van der Waals surface area contributed by atoms with Gasteiger partial charge in [0.15, 0.2) is 5.78 Å². The lowest BCUT2D eigenvalue weighted by Crippen LogP contribution is -2.22. The quantitative estimate of drug-likeness (QED) is 0.475. The fraction of sp³-hybridized carbons (Fsp3) is 0.412. The first-order chi connectivity index (χ1) is 9.88. The van der Waals surface area contributed by atoms with Crippen molar-refractivity contribution in [2.24, 2.45) is 5.92 Å². The third-order valence-corrected chi connectivity index (χ3v) is 3.47. The lowest BCUT2D eigenvalue weighted by molar-refractivity contribution is -0.146. The molecule has 0 amide bonds. The molecule has 4 nitrogen and oxygen atoms in total. The minimum atomic E-state index is -0.245. The van der Waals surface area contributed by atoms with E-state index in [0.717, 1.165) is 16.9 Å². The van der Waals surface area contributed by atoms with E-state index in [1.807, 2.05) is 6.07 Å². The summed E-state index contributed by atoms with van der Waals surface area (Å²) in [6.07, 6.45) is 0.441. The maximum absolute atomic E-state index is 11.5. The van der Waals surface area contributed by atoms with E-state index in [9.17, 15) is 9.59 Å². The van der Waals surface area contributed by atoms with E-state index >= 15 is 0 Å². The summed E-state index contributed by atoms with van der Waals surface area (Å²) in [6, 6.07) is 5.41. The molecule has 0 fully saturated rings. The highest BCUT2D eigenvalue weighted by Gasteiger charge is 2.26. The maximum atomic E-state index is 11.5. The largest absolute Gasteiger partial charge is 0.485 e. The summed E-state index contributed by atoms with van der Waals surface area (Å²) in [5, 5.41) is 0. The van der Waals surface area contributed by atoms with Crippen molar-refractivity contribution in [3.05, 3.63) is 41.5 Å². The number of fused-ring (bicyclic) bond motifs is 1. The molecule has 0 unspecified atom stereocenters. The zero-order valence-electron chi connectivity index (χ0n) is 12.6. The molecule has 1 aliphatic heterocycles. The maximum Gasteiger partial charge on any atom is 0.308 e. The van der Waals surface area contributed by atoms with Crippen LogP contribution >= 0.6 is 0 Å². The highest BCUT2D eigenvalue weighted by atomic mass is 16.5. The average Bonchev–Trinajstić information content (AvgIpc) is 2.86. The number of ketones is 1. The number of hydrogen-bond acceptors (Lipinski definition) is 4. The van der Waals surface area contributed by atoms with E-state index in [1.54, 1.807) is 32.9 Å². The van der Waals surface area contributed by atoms with Crippen LogP contribution in [0.1, 0.15) is 36.7 Å². The Morgan fingerprint density at radius 1 is 1.43 bits per heavy atom. The first kappa shape index (κ1) is 15.3. The summed E-state index contributed by atoms with van der Waals surface area (Å²) >= 11 is 0. The molecule has 1 atom stereocenters. The molecule has 0 radical (unpaired) electrons. The van der Waals surface area contributed by atoms with Crippen LogP contribution in [0.4, 0.5) is 0 Å². The number of rotatable bonds is 5. The Hall–Kier alpha value is -2.10. The molecule has 2 rings (SSSR count). The van der Waals surface area contributed by atoms with Crippen molar-refractivity contribution < 1.29 is 19.1 Å². The van der Waals surface area contributed by atoms with E-state index in [2.05, 4.69) is 6.58 Å². The molecule has 1 aromatic carbocycles. The highest BCUT2D eigenvalue weighted by Crippen LogP contribution is 2.32. The van der Waals surface area contributed by atoms with E-state index < -0.39 is 0 Å². The van der Waals surface area contributed by atoms with Crippen molar-refractivity contribution in [3.63, 3.8) is 0 Å². The van der Waals surface area contributed by atoms with Crippen molar-refractivity contribution in [2.45, 2.75) is 33.3 Å². The van der Waals surface area contributed by atoms with Gasteiger partial charge in [-0.15, -0.1) is 0 Å². The molecule has 1 aliphatic rings. The van der Waals surface area contributed by atoms with Crippen molar-refractivity contribution >= 4 is 11.8 Å². The van der Waals surface area contributed by atoms with Gasteiger partial charge in [0.05, 0.1) is 5.92 Å². The monoisotopic (exact) mass is 288 g/mol. The standard InChI is InChI=1S/C17H20O4/c1-10(2)17(19)20-9-11(3)16-8-14-7-13(12(4)18)5-6-15(14)21-16/h5-7,10,16H,3,8-9H2,1-2,4H3/t16-/m1/s1. The summed E-state index contributed by atoms with van der Waals surface area (Å²) < 4.78 is 11.0. The predicted octanol–water partition coefficient (Wildman–Crippen LogP) is 2.95. The normalized spacial score (nSPS) is 16.3. The van der Waals surface area contributed by atoms with Crippen LogP contribution in [-0.2, 0) is 16.0 Å². The molecular formula is C17H20O4. The lowest BCUT2D eigenvalue weighted by atomic mass is 10.0. The average molecular weight is 288 g/mol. The third-order valence-electron chi connectivity index (χ3n) is 3.47. The summed E-state index contributed by atoms with van der Waals surface area (Å²) in [5.74, 6) is 0.399. The van der Waals surface area contributed by atoms with E-state index in [4.69, 9.17) is 9.47 Å². The van der Waals surface area contributed by atoms with Gasteiger partial charge in [0.25, 0.3) is 0 Å². The molecule has 1 aromatic rings. The summed E-state index contributed by atoms with van der Waals surface area (Å²) in [7, 11) is 0. The van der Waals surface area contributed by atoms with Gasteiger partial charge in [-0.25, -0.2) is 0 Å². The van der Waals surface area contributed by atoms with E-state index in [-0.39, 0.29) is 30.4 Å². The Morgan fingerprint density at radius 2 is 2.14 bits per heavy atom. The Labute approximate surface area is 124 Å². The minimum absolute atomic E-state index is 0.0333. The number of benzene rings is 1. The lowest BCUT2D eigenvalue weighted by Gasteiger charge is -2.15. The Kier molecular flexibility index (Phi) is 4.46. The Bertz CT molecular complexity index is 586. The molecule has 0 N–H and O–H groups in total. The topological polar surface area (TPSA) is 52.6 Å². The number of hydrogen-bond donors (Lipinski definition) is 0. The third kappa shape index (κ3) is 3.51. The van der Waals surface area contributed by atoms with Gasteiger partial charge in [0, 0.05) is 17.6 Å². The van der Waals surface area contributed by atoms with Gasteiger partial charge in [-0.2, -0.15) is 0 Å². The molecule has 0 saturated heterocycles. The molecule has 0 bridgehead atoms. The summed E-state index contributed by atoms with van der Waals surface area (Å²) in [5.41, 5.74) is 2.39. The number of carbonyl (C=O) groups excluding carboxylic acids is 2. The number of ether oxygens (including phenoxy) is 2. The first-order valence-electron chi connectivity index (χ1n) is 7.03. The van der Waals surface area contributed by atoms with Gasteiger partial charge in [-0.3, -0.25) is 9.59 Å². The molecule has 0 aliphatic carbocycles. The number of esters is 1. The van der Waals surface area contributed by atoms with Crippen LogP contribution in [-0.4, -0.2) is 24.5 Å². The molecule has 0 aromatic heterocycles. The SMILES string of the molecule is C=C(COC(=O)C(C)C)[C@H]1Cc2cc(C(C)=O)ccc2O1. The minimum Gasteiger partial charge on any atom is -0.485 e. The molecule has 21 heavy (non-hydrogen) atoms. The zero-order chi connectivity index (χ0) is 15.6. The summed E-state index contributed by atoms with van der Waals surface area (Å²) in [6.45, 7) is 9.22. The highest BCUT2D eigenvalue weighted by molar-refractivity contribution is 5.94.